The van der Waals surface area contributed by atoms with Gasteiger partial charge >= 0.3 is 6.09 Å². The first-order chi connectivity index (χ1) is 20.1. The van der Waals surface area contributed by atoms with Gasteiger partial charge in [-0.1, -0.05) is 18.2 Å². The van der Waals surface area contributed by atoms with Crippen LogP contribution in [0.1, 0.15) is 44.7 Å². The average molecular weight is 585 g/mol. The second kappa shape index (κ2) is 16.2. The minimum Gasteiger partial charge on any atom is -0.493 e. The van der Waals surface area contributed by atoms with Gasteiger partial charge in [0.05, 0.1) is 12.8 Å². The van der Waals surface area contributed by atoms with Gasteiger partial charge in [0.25, 0.3) is 0 Å². The van der Waals surface area contributed by atoms with Crippen LogP contribution in [0.4, 0.5) is 9.18 Å². The van der Waals surface area contributed by atoms with Gasteiger partial charge in [0.1, 0.15) is 17.2 Å². The second-order valence-corrected chi connectivity index (χ2v) is 10.9. The van der Waals surface area contributed by atoms with Crippen molar-refractivity contribution in [2.24, 2.45) is 5.92 Å². The van der Waals surface area contributed by atoms with Crippen molar-refractivity contribution in [3.63, 3.8) is 0 Å². The van der Waals surface area contributed by atoms with Crippen LogP contribution in [0.25, 0.3) is 0 Å². The molecule has 42 heavy (non-hydrogen) atoms. The quantitative estimate of drug-likeness (QED) is 0.287. The third-order valence-corrected chi connectivity index (χ3v) is 6.27. The van der Waals surface area contributed by atoms with Crippen molar-refractivity contribution in [3.05, 3.63) is 71.8 Å². The number of nitrogens with zero attached hydrogens (tertiary/aromatic N) is 2. The maximum absolute atomic E-state index is 12.3. The number of aryl methyl sites for hydroxylation is 1. The Balaban J connectivity index is 0.000000219. The Labute approximate surface area is 246 Å². The molecule has 1 saturated heterocycles. The fourth-order valence-electron chi connectivity index (χ4n) is 4.11. The molecule has 0 saturated carbocycles. The number of rotatable bonds is 7. The van der Waals surface area contributed by atoms with Crippen molar-refractivity contribution in [2.45, 2.75) is 52.6 Å². The Morgan fingerprint density at radius 3 is 2.67 bits per heavy atom. The SMILES string of the molecule is CC(C)(C)OC(=O)N1CCCC(COc2ccc3c(c2)OCO3)C1.Cc1ccccc1F.O=CNCCc1cn[nH]c1. The second-order valence-electron chi connectivity index (χ2n) is 10.9. The highest BCUT2D eigenvalue weighted by molar-refractivity contribution is 5.68. The summed E-state index contributed by atoms with van der Waals surface area (Å²) in [7, 11) is 0. The van der Waals surface area contributed by atoms with Crippen LogP contribution in [-0.4, -0.2) is 66.2 Å². The number of hydrogen-bond donors (Lipinski definition) is 2. The van der Waals surface area contributed by atoms with Crippen molar-refractivity contribution in [3.8, 4) is 17.2 Å². The van der Waals surface area contributed by atoms with E-state index in [9.17, 15) is 14.0 Å². The standard InChI is InChI=1S/C18H25NO5.C7H7F.C6H9N3O/c1-18(2,3)24-17(20)19-8-4-5-13(10-19)11-21-14-6-7-15-16(9-14)23-12-22-15;1-6-4-2-3-5-7(6)8;10-5-7-2-1-6-3-8-9-4-6/h6-7,9,13H,4-5,8,10-12H2,1-3H3;2-5H,1H3;3-5H,1-2H2,(H,7,10)(H,8,9). The van der Waals surface area contributed by atoms with E-state index in [0.717, 1.165) is 42.9 Å². The van der Waals surface area contributed by atoms with Crippen LogP contribution < -0.4 is 19.5 Å². The molecule has 10 nitrogen and oxygen atoms in total. The molecule has 2 amide bonds. The number of amides is 2. The predicted molar refractivity (Wildman–Crippen MR) is 156 cm³/mol. The zero-order valence-corrected chi connectivity index (χ0v) is 24.7. The lowest BCUT2D eigenvalue weighted by atomic mass is 9.99. The number of fused-ring (bicyclic) bond motifs is 1. The predicted octanol–water partition coefficient (Wildman–Crippen LogP) is 5.27. The fourth-order valence-corrected chi connectivity index (χ4v) is 4.11. The smallest absolute Gasteiger partial charge is 0.410 e. The summed E-state index contributed by atoms with van der Waals surface area (Å²) < 4.78 is 34.3. The van der Waals surface area contributed by atoms with Gasteiger partial charge in [-0.05, 0) is 76.3 Å². The van der Waals surface area contributed by atoms with Gasteiger partial charge in [-0.2, -0.15) is 5.10 Å². The average Bonchev–Trinajstić information content (AvgIpc) is 3.66. The number of H-pyrrole nitrogens is 1. The molecule has 0 bridgehead atoms. The Bertz CT molecular complexity index is 1230. The van der Waals surface area contributed by atoms with E-state index in [-0.39, 0.29) is 18.7 Å². The molecule has 1 unspecified atom stereocenters. The molecule has 2 aromatic carbocycles. The molecule has 2 aliphatic heterocycles. The molecule has 11 heteroatoms. The summed E-state index contributed by atoms with van der Waals surface area (Å²) in [5, 5.41) is 9.01. The maximum atomic E-state index is 12.3. The Kier molecular flexibility index (Phi) is 12.5. The van der Waals surface area contributed by atoms with E-state index in [0.29, 0.717) is 43.3 Å². The number of ether oxygens (including phenoxy) is 4. The molecule has 1 aromatic heterocycles. The van der Waals surface area contributed by atoms with Crippen molar-refractivity contribution < 1.29 is 32.9 Å². The molecule has 2 aliphatic rings. The van der Waals surface area contributed by atoms with Crippen LogP contribution in [-0.2, 0) is 16.0 Å². The van der Waals surface area contributed by atoms with E-state index in [1.807, 2.05) is 51.2 Å². The lowest BCUT2D eigenvalue weighted by Crippen LogP contribution is -2.44. The third kappa shape index (κ3) is 11.3. The van der Waals surface area contributed by atoms with Gasteiger partial charge in [0.2, 0.25) is 13.2 Å². The van der Waals surface area contributed by atoms with Gasteiger partial charge in [0.15, 0.2) is 11.5 Å². The number of benzene rings is 2. The summed E-state index contributed by atoms with van der Waals surface area (Å²) in [6, 6.07) is 12.3. The minimum atomic E-state index is -0.465. The summed E-state index contributed by atoms with van der Waals surface area (Å²) in [5.41, 5.74) is 1.34. The zero-order valence-electron chi connectivity index (χ0n) is 24.7. The summed E-state index contributed by atoms with van der Waals surface area (Å²) in [6.07, 6.45) is 6.85. The molecule has 0 radical (unpaired) electrons. The van der Waals surface area contributed by atoms with Crippen molar-refractivity contribution in [1.29, 1.82) is 0 Å². The van der Waals surface area contributed by atoms with Crippen molar-refractivity contribution in [1.82, 2.24) is 20.4 Å². The number of nitrogens with one attached hydrogen (secondary N) is 2. The monoisotopic (exact) mass is 584 g/mol. The van der Waals surface area contributed by atoms with Crippen LogP contribution in [0.3, 0.4) is 0 Å². The number of likely N-dealkylation sites (tertiary alicyclic amines) is 1. The minimum absolute atomic E-state index is 0.132. The molecule has 1 atom stereocenters. The Morgan fingerprint density at radius 1 is 1.21 bits per heavy atom. The molecule has 3 heterocycles. The zero-order chi connectivity index (χ0) is 30.4. The molecular weight excluding hydrogens is 543 g/mol. The first kappa shape index (κ1) is 32.2. The maximum Gasteiger partial charge on any atom is 0.410 e. The van der Waals surface area contributed by atoms with Gasteiger partial charge in [0, 0.05) is 37.8 Å². The largest absolute Gasteiger partial charge is 0.493 e. The van der Waals surface area contributed by atoms with Crippen LogP contribution in [0, 0.1) is 18.7 Å². The fraction of sp³-hybridized carbons (Fsp3) is 0.452. The van der Waals surface area contributed by atoms with E-state index >= 15 is 0 Å². The van der Waals surface area contributed by atoms with Gasteiger partial charge < -0.3 is 29.2 Å². The van der Waals surface area contributed by atoms with Gasteiger partial charge in [-0.25, -0.2) is 9.18 Å². The number of aromatic amines is 1. The molecule has 228 valence electrons. The Hall–Kier alpha value is -4.28. The number of hydrogen-bond acceptors (Lipinski definition) is 7. The lowest BCUT2D eigenvalue weighted by Gasteiger charge is -2.34. The van der Waals surface area contributed by atoms with E-state index in [2.05, 4.69) is 15.5 Å². The summed E-state index contributed by atoms with van der Waals surface area (Å²) >= 11 is 0. The normalized spacial score (nSPS) is 15.4. The van der Waals surface area contributed by atoms with Crippen LogP contribution in [0.2, 0.25) is 0 Å². The Morgan fingerprint density at radius 2 is 2.00 bits per heavy atom. The molecule has 0 aliphatic carbocycles. The van der Waals surface area contributed by atoms with E-state index in [1.54, 1.807) is 30.2 Å². The number of halogens is 1. The van der Waals surface area contributed by atoms with Crippen LogP contribution in [0.5, 0.6) is 17.2 Å². The molecule has 2 N–H and O–H groups in total. The highest BCUT2D eigenvalue weighted by Crippen LogP contribution is 2.35. The highest BCUT2D eigenvalue weighted by Gasteiger charge is 2.28. The topological polar surface area (TPSA) is 115 Å². The van der Waals surface area contributed by atoms with Crippen LogP contribution in [0.15, 0.2) is 54.9 Å². The molecule has 5 rings (SSSR count). The van der Waals surface area contributed by atoms with E-state index < -0.39 is 5.60 Å². The number of piperidine rings is 1. The summed E-state index contributed by atoms with van der Waals surface area (Å²) in [5.74, 6) is 2.39. The van der Waals surface area contributed by atoms with Crippen LogP contribution >= 0.6 is 0 Å². The summed E-state index contributed by atoms with van der Waals surface area (Å²) in [6.45, 7) is 10.3. The molecular formula is C31H41FN4O6. The first-order valence-electron chi connectivity index (χ1n) is 14.0. The highest BCUT2D eigenvalue weighted by atomic mass is 19.1. The molecule has 1 fully saturated rings. The van der Waals surface area contributed by atoms with E-state index in [4.69, 9.17) is 18.9 Å². The first-order valence-corrected chi connectivity index (χ1v) is 14.0. The number of carbonyl (C=O) groups is 2. The molecule has 3 aromatic rings. The third-order valence-electron chi connectivity index (χ3n) is 6.27. The van der Waals surface area contributed by atoms with E-state index in [1.165, 1.54) is 6.07 Å². The van der Waals surface area contributed by atoms with Crippen molar-refractivity contribution in [2.75, 3.05) is 33.0 Å². The number of carbonyl (C=O) groups excluding carboxylic acids is 2. The van der Waals surface area contributed by atoms with Gasteiger partial charge in [-0.3, -0.25) is 9.89 Å². The lowest BCUT2D eigenvalue weighted by molar-refractivity contribution is -0.109. The molecule has 0 spiro atoms. The van der Waals surface area contributed by atoms with Gasteiger partial charge in [-0.15, -0.1) is 0 Å². The van der Waals surface area contributed by atoms with Crippen molar-refractivity contribution >= 4 is 12.5 Å². The summed E-state index contributed by atoms with van der Waals surface area (Å²) in [4.78, 5) is 23.8. The number of aromatic nitrogens is 2.